The van der Waals surface area contributed by atoms with Crippen LogP contribution in [0.5, 0.6) is 0 Å². The summed E-state index contributed by atoms with van der Waals surface area (Å²) >= 11 is 0. The molecule has 0 heterocycles. The first-order chi connectivity index (χ1) is 5.00. The molecule has 1 rings (SSSR count). The molecule has 0 aliphatic heterocycles. The molecule has 1 N–H and O–H groups in total. The SMILES string of the molecule is CC(C)(O)[C@@H]1CCC[C@H](F)C1. The maximum Gasteiger partial charge on any atom is 0.100 e. The van der Waals surface area contributed by atoms with Crippen LogP contribution in [-0.2, 0) is 0 Å². The molecule has 2 atom stereocenters. The predicted molar refractivity (Wildman–Crippen MR) is 43.2 cm³/mol. The monoisotopic (exact) mass is 160 g/mol. The Morgan fingerprint density at radius 3 is 2.36 bits per heavy atom. The van der Waals surface area contributed by atoms with Gasteiger partial charge in [0.2, 0.25) is 0 Å². The van der Waals surface area contributed by atoms with Crippen LogP contribution >= 0.6 is 0 Å². The zero-order valence-electron chi connectivity index (χ0n) is 7.31. The summed E-state index contributed by atoms with van der Waals surface area (Å²) < 4.78 is 12.9. The highest BCUT2D eigenvalue weighted by Gasteiger charge is 2.31. The van der Waals surface area contributed by atoms with Gasteiger partial charge in [0.05, 0.1) is 5.60 Å². The molecular weight excluding hydrogens is 143 g/mol. The molecule has 2 heteroatoms. The van der Waals surface area contributed by atoms with Crippen LogP contribution in [0.25, 0.3) is 0 Å². The maximum absolute atomic E-state index is 12.9. The van der Waals surface area contributed by atoms with Crippen LogP contribution in [0, 0.1) is 5.92 Å². The molecule has 0 saturated heterocycles. The molecule has 11 heavy (non-hydrogen) atoms. The lowest BCUT2D eigenvalue weighted by Crippen LogP contribution is -2.35. The third-order valence-corrected chi connectivity index (χ3v) is 2.61. The zero-order chi connectivity index (χ0) is 8.48. The summed E-state index contributed by atoms with van der Waals surface area (Å²) in [6.45, 7) is 3.55. The van der Waals surface area contributed by atoms with Crippen LogP contribution in [0.4, 0.5) is 4.39 Å². The van der Waals surface area contributed by atoms with Gasteiger partial charge in [0, 0.05) is 0 Å². The Morgan fingerprint density at radius 2 is 2.00 bits per heavy atom. The number of rotatable bonds is 1. The Kier molecular flexibility index (Phi) is 2.53. The third kappa shape index (κ3) is 2.44. The van der Waals surface area contributed by atoms with Crippen LogP contribution in [0.3, 0.4) is 0 Å². The summed E-state index contributed by atoms with van der Waals surface area (Å²) in [5, 5.41) is 9.59. The lowest BCUT2D eigenvalue weighted by Gasteiger charge is -2.33. The Bertz CT molecular complexity index is 128. The van der Waals surface area contributed by atoms with Gasteiger partial charge in [-0.1, -0.05) is 6.42 Å². The van der Waals surface area contributed by atoms with Crippen LogP contribution in [0.2, 0.25) is 0 Å². The second-order valence-corrected chi connectivity index (χ2v) is 4.11. The molecule has 1 saturated carbocycles. The largest absolute Gasteiger partial charge is 0.390 e. The summed E-state index contributed by atoms with van der Waals surface area (Å²) in [6, 6.07) is 0. The van der Waals surface area contributed by atoms with Crippen LogP contribution < -0.4 is 0 Å². The second-order valence-electron chi connectivity index (χ2n) is 4.11. The van der Waals surface area contributed by atoms with Crippen molar-refractivity contribution in [2.45, 2.75) is 51.3 Å². The van der Waals surface area contributed by atoms with E-state index in [0.717, 1.165) is 12.8 Å². The summed E-state index contributed by atoms with van der Waals surface area (Å²) in [7, 11) is 0. The molecule has 1 aliphatic rings. The lowest BCUT2D eigenvalue weighted by molar-refractivity contribution is -0.0139. The van der Waals surface area contributed by atoms with E-state index in [9.17, 15) is 9.50 Å². The number of alkyl halides is 1. The van der Waals surface area contributed by atoms with Gasteiger partial charge >= 0.3 is 0 Å². The van der Waals surface area contributed by atoms with E-state index in [1.807, 2.05) is 0 Å². The second kappa shape index (κ2) is 3.10. The van der Waals surface area contributed by atoms with Crippen molar-refractivity contribution in [3.8, 4) is 0 Å². The standard InChI is InChI=1S/C9H17FO/c1-9(2,11)7-4-3-5-8(10)6-7/h7-8,11H,3-6H2,1-2H3/t7-,8+/m1/s1. The minimum Gasteiger partial charge on any atom is -0.390 e. The zero-order valence-corrected chi connectivity index (χ0v) is 7.31. The van der Waals surface area contributed by atoms with Crippen molar-refractivity contribution in [1.82, 2.24) is 0 Å². The molecule has 0 bridgehead atoms. The average Bonchev–Trinajstić information content (AvgIpc) is 1.86. The molecular formula is C9H17FO. The first-order valence-electron chi connectivity index (χ1n) is 4.36. The minimum absolute atomic E-state index is 0.159. The molecule has 0 spiro atoms. The smallest absolute Gasteiger partial charge is 0.100 e. The molecule has 0 aromatic heterocycles. The first kappa shape index (κ1) is 8.98. The van der Waals surface area contributed by atoms with Gasteiger partial charge in [-0.15, -0.1) is 0 Å². The molecule has 1 fully saturated rings. The van der Waals surface area contributed by atoms with Gasteiger partial charge in [-0.2, -0.15) is 0 Å². The van der Waals surface area contributed by atoms with E-state index in [1.54, 1.807) is 13.8 Å². The molecule has 0 aromatic carbocycles. The summed E-state index contributed by atoms with van der Waals surface area (Å²) in [4.78, 5) is 0. The van der Waals surface area contributed by atoms with E-state index in [4.69, 9.17) is 0 Å². The van der Waals surface area contributed by atoms with Gasteiger partial charge in [0.15, 0.2) is 0 Å². The molecule has 0 radical (unpaired) electrons. The fourth-order valence-electron chi connectivity index (χ4n) is 1.77. The summed E-state index contributed by atoms with van der Waals surface area (Å²) in [5.41, 5.74) is -0.690. The van der Waals surface area contributed by atoms with E-state index < -0.39 is 11.8 Å². The fourth-order valence-corrected chi connectivity index (χ4v) is 1.77. The highest BCUT2D eigenvalue weighted by atomic mass is 19.1. The van der Waals surface area contributed by atoms with Crippen LogP contribution in [0.1, 0.15) is 39.5 Å². The molecule has 1 nitrogen and oxygen atoms in total. The van der Waals surface area contributed by atoms with Crippen LogP contribution in [0.15, 0.2) is 0 Å². The van der Waals surface area contributed by atoms with Crippen molar-refractivity contribution in [3.63, 3.8) is 0 Å². The Labute approximate surface area is 67.6 Å². The number of hydrogen-bond acceptors (Lipinski definition) is 1. The fraction of sp³-hybridized carbons (Fsp3) is 1.00. The van der Waals surface area contributed by atoms with Gasteiger partial charge < -0.3 is 5.11 Å². The van der Waals surface area contributed by atoms with E-state index in [0.29, 0.717) is 12.8 Å². The Balaban J connectivity index is 2.46. The predicted octanol–water partition coefficient (Wildman–Crippen LogP) is 2.29. The van der Waals surface area contributed by atoms with Crippen molar-refractivity contribution in [2.24, 2.45) is 5.92 Å². The van der Waals surface area contributed by atoms with Gasteiger partial charge in [-0.25, -0.2) is 4.39 Å². The van der Waals surface area contributed by atoms with Gasteiger partial charge in [0.25, 0.3) is 0 Å². The minimum atomic E-state index is -0.690. The molecule has 66 valence electrons. The van der Waals surface area contributed by atoms with Gasteiger partial charge in [-0.05, 0) is 39.0 Å². The van der Waals surface area contributed by atoms with E-state index in [2.05, 4.69) is 0 Å². The van der Waals surface area contributed by atoms with Crippen molar-refractivity contribution in [1.29, 1.82) is 0 Å². The molecule has 0 amide bonds. The topological polar surface area (TPSA) is 20.2 Å². The van der Waals surface area contributed by atoms with E-state index in [1.165, 1.54) is 0 Å². The third-order valence-electron chi connectivity index (χ3n) is 2.61. The normalized spacial score (nSPS) is 33.8. The first-order valence-corrected chi connectivity index (χ1v) is 4.36. The van der Waals surface area contributed by atoms with E-state index >= 15 is 0 Å². The number of hydrogen-bond donors (Lipinski definition) is 1. The number of halogens is 1. The van der Waals surface area contributed by atoms with Crippen LogP contribution in [-0.4, -0.2) is 16.9 Å². The summed E-state index contributed by atoms with van der Waals surface area (Å²) in [6.07, 6.45) is 2.45. The molecule has 0 aromatic rings. The van der Waals surface area contributed by atoms with Crippen molar-refractivity contribution >= 4 is 0 Å². The van der Waals surface area contributed by atoms with E-state index in [-0.39, 0.29) is 5.92 Å². The van der Waals surface area contributed by atoms with Gasteiger partial charge in [-0.3, -0.25) is 0 Å². The highest BCUT2D eigenvalue weighted by molar-refractivity contribution is 4.83. The summed E-state index contributed by atoms with van der Waals surface area (Å²) in [5.74, 6) is 0.159. The van der Waals surface area contributed by atoms with Gasteiger partial charge in [0.1, 0.15) is 6.17 Å². The Hall–Kier alpha value is -0.110. The maximum atomic E-state index is 12.9. The van der Waals surface area contributed by atoms with Crippen molar-refractivity contribution in [3.05, 3.63) is 0 Å². The van der Waals surface area contributed by atoms with Crippen molar-refractivity contribution < 1.29 is 9.50 Å². The lowest BCUT2D eigenvalue weighted by atomic mass is 9.78. The Morgan fingerprint density at radius 1 is 1.36 bits per heavy atom. The average molecular weight is 160 g/mol. The highest BCUT2D eigenvalue weighted by Crippen LogP contribution is 2.33. The molecule has 1 aliphatic carbocycles. The molecule has 0 unspecified atom stereocenters. The number of aliphatic hydroxyl groups is 1. The van der Waals surface area contributed by atoms with Crippen molar-refractivity contribution in [2.75, 3.05) is 0 Å². The quantitative estimate of drug-likeness (QED) is 0.624.